The highest BCUT2D eigenvalue weighted by Gasteiger charge is 2.06. The second-order valence-corrected chi connectivity index (χ2v) is 3.98. The van der Waals surface area contributed by atoms with Gasteiger partial charge in [0.1, 0.15) is 0 Å². The van der Waals surface area contributed by atoms with Crippen molar-refractivity contribution >= 4 is 14.7 Å². The van der Waals surface area contributed by atoms with Crippen LogP contribution in [0.15, 0.2) is 18.2 Å². The van der Waals surface area contributed by atoms with Crippen LogP contribution in [0.25, 0.3) is 0 Å². The van der Waals surface area contributed by atoms with Crippen molar-refractivity contribution in [1.29, 1.82) is 0 Å². The molecule has 0 unspecified atom stereocenters. The molecule has 2 nitrogen and oxygen atoms in total. The van der Waals surface area contributed by atoms with E-state index in [1.54, 1.807) is 14.2 Å². The minimum Gasteiger partial charge on any atom is -0.493 e. The number of hydrogen-bond acceptors (Lipinski definition) is 2. The molecule has 0 aliphatic carbocycles. The van der Waals surface area contributed by atoms with Crippen molar-refractivity contribution in [3.63, 3.8) is 0 Å². The molecular formula is C9H14O2Si. The van der Waals surface area contributed by atoms with E-state index in [2.05, 4.69) is 12.6 Å². The fourth-order valence-electron chi connectivity index (χ4n) is 1.23. The van der Waals surface area contributed by atoms with E-state index >= 15 is 0 Å². The molecular weight excluding hydrogens is 168 g/mol. The first-order chi connectivity index (χ1) is 5.83. The number of ether oxygens (including phenoxy) is 2. The summed E-state index contributed by atoms with van der Waals surface area (Å²) in [6.45, 7) is 2.23. The molecule has 0 aliphatic rings. The highest BCUT2D eigenvalue weighted by Crippen LogP contribution is 2.22. The van der Waals surface area contributed by atoms with E-state index in [1.165, 1.54) is 5.19 Å². The number of benzene rings is 1. The van der Waals surface area contributed by atoms with Gasteiger partial charge in [0, 0.05) is 0 Å². The zero-order chi connectivity index (χ0) is 8.97. The third kappa shape index (κ3) is 1.61. The van der Waals surface area contributed by atoms with Gasteiger partial charge < -0.3 is 9.47 Å². The van der Waals surface area contributed by atoms with Crippen LogP contribution >= 0.6 is 0 Å². The summed E-state index contributed by atoms with van der Waals surface area (Å²) in [6.07, 6.45) is 0. The molecule has 0 aliphatic heterocycles. The Bertz CT molecular complexity index is 238. The summed E-state index contributed by atoms with van der Waals surface area (Å²) >= 11 is 0. The van der Waals surface area contributed by atoms with Crippen LogP contribution in [0.3, 0.4) is 0 Å². The van der Waals surface area contributed by atoms with E-state index in [0.29, 0.717) is 0 Å². The maximum Gasteiger partial charge on any atom is 0.160 e. The Labute approximate surface area is 75.3 Å². The Morgan fingerprint density at radius 2 is 1.92 bits per heavy atom. The van der Waals surface area contributed by atoms with Crippen molar-refractivity contribution in [2.45, 2.75) is 6.55 Å². The molecule has 1 aromatic rings. The molecule has 0 spiro atoms. The van der Waals surface area contributed by atoms with E-state index < -0.39 is 0 Å². The van der Waals surface area contributed by atoms with E-state index in [-0.39, 0.29) is 9.52 Å². The molecule has 0 amide bonds. The van der Waals surface area contributed by atoms with Gasteiger partial charge >= 0.3 is 0 Å². The third-order valence-corrected chi connectivity index (χ3v) is 3.18. The second kappa shape index (κ2) is 4.16. The van der Waals surface area contributed by atoms with Gasteiger partial charge in [-0.3, -0.25) is 0 Å². The van der Waals surface area contributed by atoms with Gasteiger partial charge in [-0.2, -0.15) is 0 Å². The van der Waals surface area contributed by atoms with Crippen LogP contribution < -0.4 is 14.7 Å². The molecule has 0 radical (unpaired) electrons. The Kier molecular flexibility index (Phi) is 3.16. The van der Waals surface area contributed by atoms with Crippen molar-refractivity contribution in [3.8, 4) is 11.5 Å². The largest absolute Gasteiger partial charge is 0.493 e. The first-order valence-corrected chi connectivity index (χ1v) is 6.15. The molecule has 0 bridgehead atoms. The lowest BCUT2D eigenvalue weighted by Crippen LogP contribution is -2.14. The number of para-hydroxylation sites is 1. The first-order valence-electron chi connectivity index (χ1n) is 4.03. The quantitative estimate of drug-likeness (QED) is 0.635. The minimum absolute atomic E-state index is 0.184. The maximum atomic E-state index is 5.27. The average molecular weight is 182 g/mol. The van der Waals surface area contributed by atoms with Crippen molar-refractivity contribution in [1.82, 2.24) is 0 Å². The SMILES string of the molecule is COc1cccc([SiH2]C)c1OC. The summed E-state index contributed by atoms with van der Waals surface area (Å²) in [5.41, 5.74) is 0. The van der Waals surface area contributed by atoms with E-state index in [0.717, 1.165) is 11.5 Å². The maximum absolute atomic E-state index is 5.27. The first kappa shape index (κ1) is 9.13. The molecule has 66 valence electrons. The molecule has 12 heavy (non-hydrogen) atoms. The zero-order valence-electron chi connectivity index (χ0n) is 7.76. The summed E-state index contributed by atoms with van der Waals surface area (Å²) in [4.78, 5) is 0. The average Bonchev–Trinajstić information content (AvgIpc) is 2.16. The Morgan fingerprint density at radius 1 is 1.17 bits per heavy atom. The fourth-order valence-corrected chi connectivity index (χ4v) is 2.24. The fraction of sp³-hybridized carbons (Fsp3) is 0.333. The molecule has 0 heterocycles. The van der Waals surface area contributed by atoms with Gasteiger partial charge in [0.2, 0.25) is 0 Å². The van der Waals surface area contributed by atoms with Crippen molar-refractivity contribution in [3.05, 3.63) is 18.2 Å². The van der Waals surface area contributed by atoms with Gasteiger partial charge in [-0.1, -0.05) is 18.7 Å². The number of hydrogen-bond donors (Lipinski definition) is 0. The molecule has 0 N–H and O–H groups in total. The van der Waals surface area contributed by atoms with E-state index in [1.807, 2.05) is 12.1 Å². The summed E-state index contributed by atoms with van der Waals surface area (Å²) in [6, 6.07) is 6.03. The summed E-state index contributed by atoms with van der Waals surface area (Å²) in [5, 5.41) is 1.32. The van der Waals surface area contributed by atoms with Crippen LogP contribution in [0, 0.1) is 0 Å². The highest BCUT2D eigenvalue weighted by atomic mass is 28.2. The lowest BCUT2D eigenvalue weighted by Gasteiger charge is -2.10. The minimum atomic E-state index is -0.184. The summed E-state index contributed by atoms with van der Waals surface area (Å²) in [5.74, 6) is 1.75. The number of methoxy groups -OCH3 is 2. The Morgan fingerprint density at radius 3 is 2.42 bits per heavy atom. The van der Waals surface area contributed by atoms with Gasteiger partial charge in [-0.25, -0.2) is 0 Å². The topological polar surface area (TPSA) is 18.5 Å². The predicted molar refractivity (Wildman–Crippen MR) is 53.6 cm³/mol. The Hall–Kier alpha value is -0.963. The van der Waals surface area contributed by atoms with Gasteiger partial charge in [0.15, 0.2) is 11.5 Å². The molecule has 0 atom stereocenters. The lowest BCUT2D eigenvalue weighted by molar-refractivity contribution is 0.357. The summed E-state index contributed by atoms with van der Waals surface area (Å²) in [7, 11) is 3.17. The number of rotatable bonds is 3. The third-order valence-electron chi connectivity index (χ3n) is 1.87. The zero-order valence-corrected chi connectivity index (χ0v) is 9.17. The van der Waals surface area contributed by atoms with E-state index in [9.17, 15) is 0 Å². The van der Waals surface area contributed by atoms with Crippen molar-refractivity contribution in [2.75, 3.05) is 14.2 Å². The smallest absolute Gasteiger partial charge is 0.160 e. The van der Waals surface area contributed by atoms with Crippen LogP contribution in [-0.2, 0) is 0 Å². The van der Waals surface area contributed by atoms with Crippen molar-refractivity contribution < 1.29 is 9.47 Å². The van der Waals surface area contributed by atoms with Gasteiger partial charge in [-0.15, -0.1) is 0 Å². The molecule has 1 rings (SSSR count). The second-order valence-electron chi connectivity index (χ2n) is 2.51. The predicted octanol–water partition coefficient (Wildman–Crippen LogP) is 0.546. The van der Waals surface area contributed by atoms with Crippen LogP contribution in [0.5, 0.6) is 11.5 Å². The van der Waals surface area contributed by atoms with Gasteiger partial charge in [-0.05, 0) is 11.3 Å². The monoisotopic (exact) mass is 182 g/mol. The van der Waals surface area contributed by atoms with Crippen LogP contribution in [0.1, 0.15) is 0 Å². The van der Waals surface area contributed by atoms with Gasteiger partial charge in [0.25, 0.3) is 0 Å². The highest BCUT2D eigenvalue weighted by molar-refractivity contribution is 6.53. The van der Waals surface area contributed by atoms with Crippen LogP contribution in [-0.4, -0.2) is 23.7 Å². The lowest BCUT2D eigenvalue weighted by atomic mass is 10.3. The van der Waals surface area contributed by atoms with E-state index in [4.69, 9.17) is 9.47 Å². The van der Waals surface area contributed by atoms with Crippen LogP contribution in [0.4, 0.5) is 0 Å². The standard InChI is InChI=1S/C9H14O2Si/c1-10-7-5-4-6-8(12-3)9(7)11-2/h4-6H,12H2,1-3H3. The molecule has 0 aromatic heterocycles. The van der Waals surface area contributed by atoms with Crippen molar-refractivity contribution in [2.24, 2.45) is 0 Å². The van der Waals surface area contributed by atoms with Crippen LogP contribution in [0.2, 0.25) is 6.55 Å². The summed E-state index contributed by atoms with van der Waals surface area (Å²) < 4.78 is 10.4. The molecule has 3 heteroatoms. The molecule has 0 saturated heterocycles. The normalized spacial score (nSPS) is 10.6. The molecule has 0 fully saturated rings. The Balaban J connectivity index is 3.13. The van der Waals surface area contributed by atoms with Gasteiger partial charge in [0.05, 0.1) is 23.7 Å². The molecule has 0 saturated carbocycles. The molecule has 1 aromatic carbocycles.